The number of aliphatic imine (C=N–C) groups is 1. The van der Waals surface area contributed by atoms with E-state index in [0.29, 0.717) is 0 Å². The molecule has 1 N–H and O–H groups in total. The van der Waals surface area contributed by atoms with Crippen molar-refractivity contribution in [1.82, 2.24) is 0 Å². The number of amides is 1. The maximum Gasteiger partial charge on any atom is 0.259 e. The summed E-state index contributed by atoms with van der Waals surface area (Å²) < 4.78 is 6.96. The van der Waals surface area contributed by atoms with E-state index >= 15 is 0 Å². The van der Waals surface area contributed by atoms with Gasteiger partial charge in [0.2, 0.25) is 0 Å². The van der Waals surface area contributed by atoms with Crippen LogP contribution in [-0.4, -0.2) is 18.2 Å². The number of fused-ring (bicyclic) bond motifs is 1. The molecule has 0 saturated carbocycles. The van der Waals surface area contributed by atoms with Crippen LogP contribution in [0.25, 0.3) is 0 Å². The molecule has 0 unspecified atom stereocenters. The second kappa shape index (κ2) is 11.5. The van der Waals surface area contributed by atoms with Gasteiger partial charge in [0.05, 0.1) is 11.7 Å². The number of hydrogen-bond acceptors (Lipinski definition) is 4. The summed E-state index contributed by atoms with van der Waals surface area (Å²) in [6.45, 7) is 8.09. The average Bonchev–Trinajstić information content (AvgIpc) is 3.12. The topological polar surface area (TPSA) is 50.7 Å². The molecule has 1 aliphatic rings. The Morgan fingerprint density at radius 2 is 1.86 bits per heavy atom. The highest BCUT2D eigenvalue weighted by Gasteiger charge is 2.24. The molecule has 1 amide bonds. The summed E-state index contributed by atoms with van der Waals surface area (Å²) in [6.07, 6.45) is 8.54. The summed E-state index contributed by atoms with van der Waals surface area (Å²) in [5, 5.41) is 3.96. The fraction of sp³-hybridized carbons (Fsp3) is 0.379. The van der Waals surface area contributed by atoms with E-state index in [4.69, 9.17) is 9.73 Å². The number of hydrogen-bond donors (Lipinski definition) is 1. The molecule has 0 bridgehead atoms. The first-order chi connectivity index (χ1) is 16.8. The van der Waals surface area contributed by atoms with Crippen molar-refractivity contribution in [3.8, 4) is 5.75 Å². The highest BCUT2D eigenvalue weighted by Crippen LogP contribution is 2.40. The summed E-state index contributed by atoms with van der Waals surface area (Å²) in [6, 6.07) is 12.1. The van der Waals surface area contributed by atoms with E-state index in [-0.39, 0.29) is 12.0 Å². The van der Waals surface area contributed by atoms with Crippen LogP contribution in [0.5, 0.6) is 5.75 Å². The molecule has 0 saturated heterocycles. The van der Waals surface area contributed by atoms with Crippen LogP contribution >= 0.6 is 27.3 Å². The lowest BCUT2D eigenvalue weighted by molar-refractivity contribution is 0.102. The number of anilines is 1. The summed E-state index contributed by atoms with van der Waals surface area (Å²) in [7, 11) is 0. The Hall–Kier alpha value is -2.44. The highest BCUT2D eigenvalue weighted by molar-refractivity contribution is 9.10. The van der Waals surface area contributed by atoms with Crippen LogP contribution in [0.4, 0.5) is 10.7 Å². The van der Waals surface area contributed by atoms with Crippen molar-refractivity contribution in [3.63, 3.8) is 0 Å². The lowest BCUT2D eigenvalue weighted by Crippen LogP contribution is -2.15. The van der Waals surface area contributed by atoms with E-state index in [1.165, 1.54) is 23.3 Å². The van der Waals surface area contributed by atoms with Gasteiger partial charge in [-0.25, -0.2) is 4.99 Å². The lowest BCUT2D eigenvalue weighted by atomic mass is 9.96. The molecule has 3 aromatic rings. The van der Waals surface area contributed by atoms with Crippen molar-refractivity contribution >= 4 is 50.1 Å². The number of ether oxygens (including phenoxy) is 1. The van der Waals surface area contributed by atoms with E-state index in [9.17, 15) is 4.79 Å². The van der Waals surface area contributed by atoms with Crippen LogP contribution in [0.3, 0.4) is 0 Å². The minimum Gasteiger partial charge on any atom is -0.490 e. The number of benzene rings is 2. The number of thiophene rings is 1. The Bertz CT molecular complexity index is 1250. The van der Waals surface area contributed by atoms with Crippen molar-refractivity contribution in [2.45, 2.75) is 72.3 Å². The van der Waals surface area contributed by atoms with Gasteiger partial charge in [-0.3, -0.25) is 4.79 Å². The van der Waals surface area contributed by atoms with Gasteiger partial charge >= 0.3 is 0 Å². The molecule has 4 rings (SSSR count). The first-order valence-electron chi connectivity index (χ1n) is 12.3. The SMILES string of the molecule is Cc1ccc(C)c(NC(=O)c2c(N=Cc3cc(Br)ccc3OC(C)C)sc3c2CCCCCC3)c1. The monoisotopic (exact) mass is 552 g/mol. The molecule has 2 aromatic carbocycles. The van der Waals surface area contributed by atoms with E-state index in [1.807, 2.05) is 64.2 Å². The zero-order valence-corrected chi connectivity index (χ0v) is 23.3. The minimum atomic E-state index is -0.0724. The molecule has 0 spiro atoms. The summed E-state index contributed by atoms with van der Waals surface area (Å²) in [5.41, 5.74) is 5.82. The molecule has 0 radical (unpaired) electrons. The summed E-state index contributed by atoms with van der Waals surface area (Å²) in [5.74, 6) is 0.708. The van der Waals surface area contributed by atoms with Crippen LogP contribution in [0.15, 0.2) is 45.9 Å². The molecule has 1 heterocycles. The first kappa shape index (κ1) is 25.6. The zero-order valence-electron chi connectivity index (χ0n) is 20.9. The maximum absolute atomic E-state index is 13.7. The third-order valence-electron chi connectivity index (χ3n) is 6.18. The van der Waals surface area contributed by atoms with Gasteiger partial charge in [0.25, 0.3) is 5.91 Å². The van der Waals surface area contributed by atoms with Crippen LogP contribution in [0, 0.1) is 13.8 Å². The van der Waals surface area contributed by atoms with Gasteiger partial charge in [0, 0.05) is 26.8 Å². The Morgan fingerprint density at radius 3 is 2.63 bits per heavy atom. The molecule has 35 heavy (non-hydrogen) atoms. The third-order valence-corrected chi connectivity index (χ3v) is 7.87. The second-order valence-electron chi connectivity index (χ2n) is 9.48. The van der Waals surface area contributed by atoms with Crippen molar-refractivity contribution in [1.29, 1.82) is 0 Å². The Labute approximate surface area is 221 Å². The number of carbonyl (C=O) groups is 1. The lowest BCUT2D eigenvalue weighted by Gasteiger charge is -2.13. The minimum absolute atomic E-state index is 0.0591. The predicted molar refractivity (Wildman–Crippen MR) is 151 cm³/mol. The second-order valence-corrected chi connectivity index (χ2v) is 11.5. The zero-order chi connectivity index (χ0) is 24.9. The molecule has 184 valence electrons. The third kappa shape index (κ3) is 6.42. The average molecular weight is 554 g/mol. The van der Waals surface area contributed by atoms with Crippen LogP contribution in [0.2, 0.25) is 0 Å². The van der Waals surface area contributed by atoms with Gasteiger partial charge in [-0.15, -0.1) is 11.3 Å². The normalized spacial score (nSPS) is 14.0. The quantitative estimate of drug-likeness (QED) is 0.311. The molecule has 4 nitrogen and oxygen atoms in total. The van der Waals surface area contributed by atoms with Crippen LogP contribution in [0.1, 0.15) is 77.0 Å². The number of nitrogens with zero attached hydrogens (tertiary/aromatic N) is 1. The van der Waals surface area contributed by atoms with Crippen molar-refractivity contribution < 1.29 is 9.53 Å². The standard InChI is InChI=1S/C29H33BrN2O2S/c1-18(2)34-25-14-13-22(30)16-21(25)17-31-29-27(23-9-7-5-6-8-10-26(23)35-29)28(33)32-24-15-19(3)11-12-20(24)4/h11-18H,5-10H2,1-4H3,(H,32,33). The number of nitrogens with one attached hydrogen (secondary N) is 1. The van der Waals surface area contributed by atoms with Gasteiger partial charge in [0.1, 0.15) is 10.8 Å². The fourth-order valence-electron chi connectivity index (χ4n) is 4.40. The predicted octanol–water partition coefficient (Wildman–Crippen LogP) is 8.58. The molecular formula is C29H33BrN2O2S. The molecule has 0 atom stereocenters. The van der Waals surface area contributed by atoms with Crippen molar-refractivity contribution in [2.75, 3.05) is 5.32 Å². The smallest absolute Gasteiger partial charge is 0.259 e. The van der Waals surface area contributed by atoms with Gasteiger partial charge < -0.3 is 10.1 Å². The van der Waals surface area contributed by atoms with Crippen LogP contribution < -0.4 is 10.1 Å². The molecule has 1 aliphatic carbocycles. The number of aryl methyl sites for hydroxylation is 3. The van der Waals surface area contributed by atoms with Gasteiger partial charge in [-0.1, -0.05) is 40.9 Å². The number of carbonyl (C=O) groups excluding carboxylic acids is 1. The molecule has 0 aliphatic heterocycles. The number of rotatable bonds is 6. The molecule has 1 aromatic heterocycles. The van der Waals surface area contributed by atoms with Crippen molar-refractivity contribution in [3.05, 3.63) is 73.6 Å². The Kier molecular flexibility index (Phi) is 8.45. The largest absolute Gasteiger partial charge is 0.490 e. The summed E-state index contributed by atoms with van der Waals surface area (Å²) >= 11 is 5.22. The molecule has 0 fully saturated rings. The van der Waals surface area contributed by atoms with E-state index < -0.39 is 0 Å². The summed E-state index contributed by atoms with van der Waals surface area (Å²) in [4.78, 5) is 19.9. The first-order valence-corrected chi connectivity index (χ1v) is 14.0. The van der Waals surface area contributed by atoms with Gasteiger partial charge in [-0.2, -0.15) is 0 Å². The van der Waals surface area contributed by atoms with E-state index in [0.717, 1.165) is 68.8 Å². The fourth-order valence-corrected chi connectivity index (χ4v) is 6.00. The highest BCUT2D eigenvalue weighted by atomic mass is 79.9. The van der Waals surface area contributed by atoms with Gasteiger partial charge in [0.15, 0.2) is 0 Å². The molecular weight excluding hydrogens is 520 g/mol. The van der Waals surface area contributed by atoms with Gasteiger partial charge in [-0.05, 0) is 94.3 Å². The van der Waals surface area contributed by atoms with Crippen molar-refractivity contribution in [2.24, 2.45) is 4.99 Å². The van der Waals surface area contributed by atoms with E-state index in [1.54, 1.807) is 11.3 Å². The Balaban J connectivity index is 1.74. The molecule has 6 heteroatoms. The van der Waals surface area contributed by atoms with E-state index in [2.05, 4.69) is 27.3 Å². The maximum atomic E-state index is 13.7. The Morgan fingerprint density at radius 1 is 1.09 bits per heavy atom. The number of halogens is 1. The van der Waals surface area contributed by atoms with Crippen LogP contribution in [-0.2, 0) is 12.8 Å².